The topological polar surface area (TPSA) is 47.6 Å². The highest BCUT2D eigenvalue weighted by Gasteiger charge is 2.06. The highest BCUT2D eigenvalue weighted by Crippen LogP contribution is 2.17. The molecule has 0 aliphatic heterocycles. The molecule has 20 heavy (non-hydrogen) atoms. The first-order valence-electron chi connectivity index (χ1n) is 6.33. The third-order valence-corrected chi connectivity index (χ3v) is 3.40. The van der Waals surface area contributed by atoms with Gasteiger partial charge in [0.15, 0.2) is 0 Å². The minimum Gasteiger partial charge on any atom is -0.471 e. The Kier molecular flexibility index (Phi) is 4.64. The Morgan fingerprint density at radius 3 is 2.65 bits per heavy atom. The van der Waals surface area contributed by atoms with Crippen LogP contribution in [0.15, 0.2) is 47.6 Å². The zero-order valence-electron chi connectivity index (χ0n) is 11.6. The van der Waals surface area contributed by atoms with Gasteiger partial charge in [-0.05, 0) is 43.2 Å². The molecular formula is C16H17ClN2O. The van der Waals surface area contributed by atoms with Gasteiger partial charge in [0.25, 0.3) is 0 Å². The van der Waals surface area contributed by atoms with Gasteiger partial charge in [-0.3, -0.25) is 0 Å². The molecule has 0 atom stereocenters. The SMILES string of the molecule is Cc1cccc(/C(=N/N)OCc2ccc(Cl)c(C)c2)c1. The predicted octanol–water partition coefficient (Wildman–Crippen LogP) is 3.79. The number of rotatable bonds is 3. The molecule has 0 radical (unpaired) electrons. The van der Waals surface area contributed by atoms with E-state index in [1.165, 1.54) is 0 Å². The maximum absolute atomic E-state index is 6.00. The molecule has 0 aromatic heterocycles. The summed E-state index contributed by atoms with van der Waals surface area (Å²) in [6.07, 6.45) is 0. The summed E-state index contributed by atoms with van der Waals surface area (Å²) in [5, 5.41) is 4.47. The van der Waals surface area contributed by atoms with Crippen molar-refractivity contribution in [1.29, 1.82) is 0 Å². The first-order chi connectivity index (χ1) is 9.60. The smallest absolute Gasteiger partial charge is 0.238 e. The van der Waals surface area contributed by atoms with Crippen molar-refractivity contribution >= 4 is 17.5 Å². The molecule has 4 heteroatoms. The number of hydrogen-bond acceptors (Lipinski definition) is 3. The largest absolute Gasteiger partial charge is 0.471 e. The lowest BCUT2D eigenvalue weighted by Crippen LogP contribution is -2.09. The highest BCUT2D eigenvalue weighted by atomic mass is 35.5. The van der Waals surface area contributed by atoms with Gasteiger partial charge in [0.1, 0.15) is 6.61 Å². The molecule has 0 heterocycles. The molecular weight excluding hydrogens is 272 g/mol. The average molecular weight is 289 g/mol. The van der Waals surface area contributed by atoms with Crippen molar-refractivity contribution in [2.45, 2.75) is 20.5 Å². The number of hydrogen-bond donors (Lipinski definition) is 1. The Bertz CT molecular complexity index is 638. The summed E-state index contributed by atoms with van der Waals surface area (Å²) in [4.78, 5) is 0. The summed E-state index contributed by atoms with van der Waals surface area (Å²) in [7, 11) is 0. The monoisotopic (exact) mass is 288 g/mol. The maximum atomic E-state index is 6.00. The van der Waals surface area contributed by atoms with Crippen molar-refractivity contribution in [3.63, 3.8) is 0 Å². The molecule has 0 aliphatic rings. The zero-order chi connectivity index (χ0) is 14.5. The van der Waals surface area contributed by atoms with Crippen molar-refractivity contribution < 1.29 is 4.74 Å². The van der Waals surface area contributed by atoms with Gasteiger partial charge in [-0.1, -0.05) is 41.4 Å². The lowest BCUT2D eigenvalue weighted by Gasteiger charge is -2.10. The predicted molar refractivity (Wildman–Crippen MR) is 82.9 cm³/mol. The Labute approximate surface area is 124 Å². The van der Waals surface area contributed by atoms with E-state index in [1.54, 1.807) is 0 Å². The van der Waals surface area contributed by atoms with Crippen LogP contribution in [-0.4, -0.2) is 5.90 Å². The molecule has 2 rings (SSSR count). The van der Waals surface area contributed by atoms with Crippen molar-refractivity contribution in [1.82, 2.24) is 0 Å². The molecule has 0 amide bonds. The highest BCUT2D eigenvalue weighted by molar-refractivity contribution is 6.31. The van der Waals surface area contributed by atoms with E-state index in [0.29, 0.717) is 12.5 Å². The first-order valence-corrected chi connectivity index (χ1v) is 6.70. The van der Waals surface area contributed by atoms with E-state index in [9.17, 15) is 0 Å². The summed E-state index contributed by atoms with van der Waals surface area (Å²) in [6, 6.07) is 13.7. The summed E-state index contributed by atoms with van der Waals surface area (Å²) < 4.78 is 5.70. The van der Waals surface area contributed by atoms with E-state index < -0.39 is 0 Å². The number of ether oxygens (including phenoxy) is 1. The number of nitrogens with zero attached hydrogens (tertiary/aromatic N) is 1. The van der Waals surface area contributed by atoms with Crippen LogP contribution in [-0.2, 0) is 11.3 Å². The van der Waals surface area contributed by atoms with Crippen LogP contribution in [0.1, 0.15) is 22.3 Å². The zero-order valence-corrected chi connectivity index (χ0v) is 12.3. The summed E-state index contributed by atoms with van der Waals surface area (Å²) in [5.74, 6) is 5.85. The molecule has 0 fully saturated rings. The number of benzene rings is 2. The van der Waals surface area contributed by atoms with Crippen LogP contribution in [0.3, 0.4) is 0 Å². The Hall–Kier alpha value is -2.00. The third kappa shape index (κ3) is 3.52. The molecule has 0 aliphatic carbocycles. The lowest BCUT2D eigenvalue weighted by molar-refractivity contribution is 0.292. The van der Waals surface area contributed by atoms with Crippen LogP contribution in [0.2, 0.25) is 5.02 Å². The fraction of sp³-hybridized carbons (Fsp3) is 0.188. The number of halogens is 1. The van der Waals surface area contributed by atoms with Gasteiger partial charge in [-0.25, -0.2) is 0 Å². The van der Waals surface area contributed by atoms with Crippen LogP contribution in [0.5, 0.6) is 0 Å². The van der Waals surface area contributed by atoms with Gasteiger partial charge in [0.05, 0.1) is 0 Å². The van der Waals surface area contributed by atoms with Gasteiger partial charge < -0.3 is 10.6 Å². The number of nitrogens with two attached hydrogens (primary N) is 1. The summed E-state index contributed by atoms with van der Waals surface area (Å²) in [5.41, 5.74) is 4.06. The Morgan fingerprint density at radius 1 is 1.20 bits per heavy atom. The lowest BCUT2D eigenvalue weighted by atomic mass is 10.1. The fourth-order valence-electron chi connectivity index (χ4n) is 1.92. The minimum atomic E-state index is 0.405. The van der Waals surface area contributed by atoms with E-state index in [0.717, 1.165) is 27.3 Å². The van der Waals surface area contributed by atoms with Crippen molar-refractivity contribution in [3.8, 4) is 0 Å². The van der Waals surface area contributed by atoms with E-state index in [-0.39, 0.29) is 0 Å². The van der Waals surface area contributed by atoms with Gasteiger partial charge in [0.2, 0.25) is 5.90 Å². The number of aryl methyl sites for hydroxylation is 2. The summed E-state index contributed by atoms with van der Waals surface area (Å²) >= 11 is 6.00. The molecule has 0 bridgehead atoms. The Morgan fingerprint density at radius 2 is 2.00 bits per heavy atom. The molecule has 0 unspecified atom stereocenters. The molecule has 2 aromatic carbocycles. The van der Waals surface area contributed by atoms with Crippen LogP contribution in [0, 0.1) is 13.8 Å². The standard InChI is InChI=1S/C16H17ClN2O/c1-11-4-3-5-14(8-11)16(19-18)20-10-13-6-7-15(17)12(2)9-13/h3-9H,10,18H2,1-2H3/b19-16-. The second-order valence-electron chi connectivity index (χ2n) is 4.68. The van der Waals surface area contributed by atoms with Crippen molar-refractivity contribution in [2.24, 2.45) is 10.9 Å². The minimum absolute atomic E-state index is 0.405. The fourth-order valence-corrected chi connectivity index (χ4v) is 2.04. The average Bonchev–Trinajstić information content (AvgIpc) is 2.43. The van der Waals surface area contributed by atoms with Crippen LogP contribution >= 0.6 is 11.6 Å². The summed E-state index contributed by atoms with van der Waals surface area (Å²) in [6.45, 7) is 4.38. The molecule has 2 N–H and O–H groups in total. The molecule has 0 saturated carbocycles. The van der Waals surface area contributed by atoms with Crippen molar-refractivity contribution in [2.75, 3.05) is 0 Å². The quantitative estimate of drug-likeness (QED) is 0.404. The van der Waals surface area contributed by atoms with Gasteiger partial charge in [-0.2, -0.15) is 0 Å². The number of hydrazone groups is 1. The van der Waals surface area contributed by atoms with Crippen molar-refractivity contribution in [3.05, 3.63) is 69.7 Å². The van der Waals surface area contributed by atoms with E-state index in [2.05, 4.69) is 5.10 Å². The third-order valence-electron chi connectivity index (χ3n) is 2.98. The normalized spacial score (nSPS) is 11.4. The maximum Gasteiger partial charge on any atom is 0.238 e. The van der Waals surface area contributed by atoms with Crippen LogP contribution in [0.4, 0.5) is 0 Å². The molecule has 104 valence electrons. The van der Waals surface area contributed by atoms with Crippen LogP contribution in [0.25, 0.3) is 0 Å². The molecule has 3 nitrogen and oxygen atoms in total. The second kappa shape index (κ2) is 6.44. The second-order valence-corrected chi connectivity index (χ2v) is 5.08. The van der Waals surface area contributed by atoms with E-state index in [1.807, 2.05) is 56.3 Å². The van der Waals surface area contributed by atoms with Gasteiger partial charge >= 0.3 is 0 Å². The molecule has 0 saturated heterocycles. The van der Waals surface area contributed by atoms with E-state index in [4.69, 9.17) is 22.2 Å². The molecule has 2 aromatic rings. The molecule has 0 spiro atoms. The van der Waals surface area contributed by atoms with E-state index >= 15 is 0 Å². The Balaban J connectivity index is 2.10. The van der Waals surface area contributed by atoms with Crippen LogP contribution < -0.4 is 5.84 Å². The van der Waals surface area contributed by atoms with Gasteiger partial charge in [-0.15, -0.1) is 5.10 Å². The van der Waals surface area contributed by atoms with Gasteiger partial charge in [0, 0.05) is 10.6 Å². The first kappa shape index (κ1) is 14.4.